The van der Waals surface area contributed by atoms with Crippen molar-refractivity contribution in [2.24, 2.45) is 5.92 Å². The van der Waals surface area contributed by atoms with Crippen molar-refractivity contribution in [3.05, 3.63) is 0 Å². The molecule has 2 heterocycles. The molecule has 1 aromatic heterocycles. The summed E-state index contributed by atoms with van der Waals surface area (Å²) in [5.41, 5.74) is 0. The maximum atomic E-state index is 5.78. The summed E-state index contributed by atoms with van der Waals surface area (Å²) in [7, 11) is 3.04. The molecule has 2 unspecified atom stereocenters. The molecule has 2 atom stereocenters. The first kappa shape index (κ1) is 12.4. The highest BCUT2D eigenvalue weighted by Crippen LogP contribution is 2.39. The van der Waals surface area contributed by atoms with E-state index in [0.717, 1.165) is 13.0 Å². The van der Waals surface area contributed by atoms with Crippen LogP contribution in [0.2, 0.25) is 0 Å². The smallest absolute Gasteiger partial charge is 0.324 e. The molecular weight excluding hydrogens is 248 g/mol. The zero-order valence-electron chi connectivity index (χ0n) is 11.1. The minimum absolute atomic E-state index is 0.247. The second-order valence-corrected chi connectivity index (χ2v) is 4.84. The summed E-state index contributed by atoms with van der Waals surface area (Å²) in [5, 5.41) is 3.31. The first-order chi connectivity index (χ1) is 9.30. The van der Waals surface area contributed by atoms with Crippen LogP contribution in [-0.4, -0.2) is 47.9 Å². The van der Waals surface area contributed by atoms with E-state index >= 15 is 0 Å². The van der Waals surface area contributed by atoms with Crippen LogP contribution in [0.3, 0.4) is 0 Å². The molecule has 1 N–H and O–H groups in total. The van der Waals surface area contributed by atoms with Crippen molar-refractivity contribution in [3.8, 4) is 12.0 Å². The number of methoxy groups -OCH3 is 2. The van der Waals surface area contributed by atoms with Gasteiger partial charge in [-0.3, -0.25) is 0 Å². The van der Waals surface area contributed by atoms with Crippen molar-refractivity contribution in [2.75, 3.05) is 26.1 Å². The highest BCUT2D eigenvalue weighted by atomic mass is 16.5. The molecule has 1 saturated heterocycles. The minimum atomic E-state index is 0.247. The normalized spacial score (nSPS) is 26.2. The molecule has 0 radical (unpaired) electrons. The molecule has 7 nitrogen and oxygen atoms in total. The van der Waals surface area contributed by atoms with Crippen LogP contribution in [0.1, 0.15) is 19.3 Å². The summed E-state index contributed by atoms with van der Waals surface area (Å²) in [5.74, 6) is 1.16. The average Bonchev–Trinajstić information content (AvgIpc) is 3.19. The van der Waals surface area contributed by atoms with Crippen LogP contribution < -0.4 is 14.8 Å². The second kappa shape index (κ2) is 5.16. The van der Waals surface area contributed by atoms with E-state index in [1.807, 2.05) is 0 Å². The van der Waals surface area contributed by atoms with E-state index in [1.165, 1.54) is 27.1 Å². The Balaban J connectivity index is 1.74. The molecule has 1 aliphatic heterocycles. The van der Waals surface area contributed by atoms with Crippen LogP contribution in [0.5, 0.6) is 12.0 Å². The lowest BCUT2D eigenvalue weighted by Crippen LogP contribution is -2.31. The Morgan fingerprint density at radius 3 is 2.32 bits per heavy atom. The van der Waals surface area contributed by atoms with Gasteiger partial charge < -0.3 is 19.5 Å². The quantitative estimate of drug-likeness (QED) is 0.847. The molecule has 104 valence electrons. The molecule has 0 bridgehead atoms. The lowest BCUT2D eigenvalue weighted by Gasteiger charge is -2.19. The number of anilines is 1. The van der Waals surface area contributed by atoms with Gasteiger partial charge >= 0.3 is 12.0 Å². The third-order valence-electron chi connectivity index (χ3n) is 3.50. The third-order valence-corrected chi connectivity index (χ3v) is 3.50. The van der Waals surface area contributed by atoms with Gasteiger partial charge in [-0.1, -0.05) is 0 Å². The fourth-order valence-electron chi connectivity index (χ4n) is 2.41. The van der Waals surface area contributed by atoms with E-state index in [1.54, 1.807) is 0 Å². The first-order valence-electron chi connectivity index (χ1n) is 6.52. The summed E-state index contributed by atoms with van der Waals surface area (Å²) in [6, 6.07) is 0.747. The van der Waals surface area contributed by atoms with Gasteiger partial charge in [0, 0.05) is 6.61 Å². The Hall–Kier alpha value is -1.63. The van der Waals surface area contributed by atoms with Crippen molar-refractivity contribution in [2.45, 2.75) is 31.4 Å². The zero-order valence-corrected chi connectivity index (χ0v) is 11.1. The zero-order chi connectivity index (χ0) is 13.2. The van der Waals surface area contributed by atoms with Crippen LogP contribution in [0.4, 0.5) is 5.95 Å². The highest BCUT2D eigenvalue weighted by Gasteiger charge is 2.40. The molecule has 0 aromatic carbocycles. The third kappa shape index (κ3) is 2.70. The number of nitrogens with zero attached hydrogens (tertiary/aromatic N) is 3. The number of rotatable bonds is 5. The van der Waals surface area contributed by atoms with Crippen molar-refractivity contribution in [3.63, 3.8) is 0 Å². The van der Waals surface area contributed by atoms with Crippen molar-refractivity contribution in [1.82, 2.24) is 15.0 Å². The predicted molar refractivity (Wildman–Crippen MR) is 67.4 cm³/mol. The van der Waals surface area contributed by atoms with E-state index < -0.39 is 0 Å². The molecule has 19 heavy (non-hydrogen) atoms. The first-order valence-corrected chi connectivity index (χ1v) is 6.52. The van der Waals surface area contributed by atoms with E-state index in [-0.39, 0.29) is 24.2 Å². The Kier molecular flexibility index (Phi) is 3.37. The van der Waals surface area contributed by atoms with Gasteiger partial charge in [-0.15, -0.1) is 4.98 Å². The molecule has 7 heteroatoms. The van der Waals surface area contributed by atoms with Crippen molar-refractivity contribution < 1.29 is 14.2 Å². The Morgan fingerprint density at radius 1 is 1.05 bits per heavy atom. The lowest BCUT2D eigenvalue weighted by atomic mass is 10.1. The fraction of sp³-hybridized carbons (Fsp3) is 0.750. The Bertz CT molecular complexity index is 430. The summed E-state index contributed by atoms with van der Waals surface area (Å²) in [6.07, 6.45) is 3.75. The van der Waals surface area contributed by atoms with Crippen LogP contribution in [0.25, 0.3) is 0 Å². The van der Waals surface area contributed by atoms with E-state index in [2.05, 4.69) is 20.3 Å². The molecule has 1 aliphatic carbocycles. The van der Waals surface area contributed by atoms with Gasteiger partial charge in [-0.2, -0.15) is 9.97 Å². The van der Waals surface area contributed by atoms with Gasteiger partial charge in [0.05, 0.1) is 26.4 Å². The largest absolute Gasteiger partial charge is 0.467 e. The lowest BCUT2D eigenvalue weighted by molar-refractivity contribution is 0.0897. The molecule has 3 rings (SSSR count). The SMILES string of the molecule is COc1nc(NC2CCOC2C2CC2)nc(OC)n1. The summed E-state index contributed by atoms with van der Waals surface area (Å²) in [4.78, 5) is 12.3. The van der Waals surface area contributed by atoms with Gasteiger partial charge in [0.1, 0.15) is 0 Å². The number of hydrogen-bond donors (Lipinski definition) is 1. The van der Waals surface area contributed by atoms with Gasteiger partial charge in [-0.25, -0.2) is 0 Å². The van der Waals surface area contributed by atoms with Gasteiger partial charge in [0.2, 0.25) is 5.95 Å². The van der Waals surface area contributed by atoms with E-state index in [0.29, 0.717) is 11.9 Å². The van der Waals surface area contributed by atoms with E-state index in [4.69, 9.17) is 14.2 Å². The maximum absolute atomic E-state index is 5.78. The van der Waals surface area contributed by atoms with Crippen LogP contribution >= 0.6 is 0 Å². The van der Waals surface area contributed by atoms with Crippen molar-refractivity contribution >= 4 is 5.95 Å². The maximum Gasteiger partial charge on any atom is 0.324 e. The molecule has 1 saturated carbocycles. The molecule has 1 aromatic rings. The monoisotopic (exact) mass is 266 g/mol. The number of aromatic nitrogens is 3. The predicted octanol–water partition coefficient (Wildman–Crippen LogP) is 0.868. The number of hydrogen-bond acceptors (Lipinski definition) is 7. The Morgan fingerprint density at radius 2 is 1.74 bits per heavy atom. The molecule has 0 spiro atoms. The van der Waals surface area contributed by atoms with Crippen LogP contribution in [0.15, 0.2) is 0 Å². The van der Waals surface area contributed by atoms with Crippen molar-refractivity contribution in [1.29, 1.82) is 0 Å². The summed E-state index contributed by atoms with van der Waals surface area (Å²) >= 11 is 0. The molecular formula is C12H18N4O3. The fourth-order valence-corrected chi connectivity index (χ4v) is 2.41. The molecule has 2 fully saturated rings. The van der Waals surface area contributed by atoms with Crippen LogP contribution in [0, 0.1) is 5.92 Å². The topological polar surface area (TPSA) is 78.4 Å². The van der Waals surface area contributed by atoms with Crippen LogP contribution in [-0.2, 0) is 4.74 Å². The highest BCUT2D eigenvalue weighted by molar-refractivity contribution is 5.30. The summed E-state index contributed by atoms with van der Waals surface area (Å²) < 4.78 is 15.8. The number of ether oxygens (including phenoxy) is 3. The Labute approximate surface area is 111 Å². The molecule has 2 aliphatic rings. The average molecular weight is 266 g/mol. The molecule has 0 amide bonds. The van der Waals surface area contributed by atoms with Gasteiger partial charge in [0.25, 0.3) is 0 Å². The second-order valence-electron chi connectivity index (χ2n) is 4.84. The number of nitrogens with one attached hydrogen (secondary N) is 1. The minimum Gasteiger partial charge on any atom is -0.467 e. The van der Waals surface area contributed by atoms with Gasteiger partial charge in [0.15, 0.2) is 0 Å². The van der Waals surface area contributed by atoms with E-state index in [9.17, 15) is 0 Å². The van der Waals surface area contributed by atoms with Gasteiger partial charge in [-0.05, 0) is 25.2 Å². The standard InChI is InChI=1S/C12H18N4O3/c1-17-11-14-10(15-12(16-11)18-2)13-8-5-6-19-9(8)7-3-4-7/h7-9H,3-6H2,1-2H3,(H,13,14,15,16). The summed E-state index contributed by atoms with van der Waals surface area (Å²) in [6.45, 7) is 0.790.